The molecule has 0 radical (unpaired) electrons. The van der Waals surface area contributed by atoms with E-state index < -0.39 is 10.0 Å². The Morgan fingerprint density at radius 2 is 1.74 bits per heavy atom. The highest BCUT2D eigenvalue weighted by Gasteiger charge is 2.41. The summed E-state index contributed by atoms with van der Waals surface area (Å²) in [5.74, 6) is -0.342. The van der Waals surface area contributed by atoms with Gasteiger partial charge in [-0.1, -0.05) is 44.2 Å². The van der Waals surface area contributed by atoms with E-state index in [9.17, 15) is 18.0 Å². The van der Waals surface area contributed by atoms with Crippen molar-refractivity contribution in [2.75, 3.05) is 43.0 Å². The average Bonchev–Trinajstić information content (AvgIpc) is 2.87. The third-order valence-electron chi connectivity index (χ3n) is 6.93. The first-order valence-corrected chi connectivity index (χ1v) is 13.7. The lowest BCUT2D eigenvalue weighted by Crippen LogP contribution is -2.57. The van der Waals surface area contributed by atoms with E-state index in [0.29, 0.717) is 25.3 Å². The smallest absolute Gasteiger partial charge is 0.250 e. The summed E-state index contributed by atoms with van der Waals surface area (Å²) in [4.78, 5) is 32.1. The summed E-state index contributed by atoms with van der Waals surface area (Å²) in [6, 6.07) is 14.3. The first-order valence-electron chi connectivity index (χ1n) is 12.3. The molecule has 0 spiro atoms. The van der Waals surface area contributed by atoms with Gasteiger partial charge >= 0.3 is 0 Å². The first kappa shape index (κ1) is 25.2. The molecule has 1 fully saturated rings. The van der Waals surface area contributed by atoms with Crippen molar-refractivity contribution in [1.29, 1.82) is 0 Å². The van der Waals surface area contributed by atoms with Crippen LogP contribution in [0.25, 0.3) is 0 Å². The van der Waals surface area contributed by atoms with Crippen molar-refractivity contribution in [3.63, 3.8) is 0 Å². The number of anilines is 2. The average molecular weight is 499 g/mol. The second kappa shape index (κ2) is 10.4. The van der Waals surface area contributed by atoms with Gasteiger partial charge in [-0.2, -0.15) is 4.31 Å². The number of fused-ring (bicyclic) bond motifs is 3. The molecule has 0 N–H and O–H groups in total. The molecule has 2 aliphatic heterocycles. The number of hydrogen-bond acceptors (Lipinski definition) is 5. The number of amides is 2. The number of rotatable bonds is 8. The van der Waals surface area contributed by atoms with Crippen LogP contribution in [0, 0.1) is 0 Å². The van der Waals surface area contributed by atoms with Crippen LogP contribution in [0.2, 0.25) is 0 Å². The minimum absolute atomic E-state index is 0.131. The lowest BCUT2D eigenvalue weighted by Gasteiger charge is -2.45. The lowest BCUT2D eigenvalue weighted by atomic mass is 9.96. The molecule has 2 heterocycles. The topological polar surface area (TPSA) is 81.2 Å². The standard InChI is InChI=1S/C26H34N4O4S/c1-4-28(5-2)35(33,34)21-14-15-22-24(17-21)30(26(32)23-13-9-10-16-29(22)23)19-25(31)27(3)18-20-11-7-6-8-12-20/h6-8,11-12,14-15,17,23H,4-5,9-10,13,16,18-19H2,1-3H3/t23-/m0/s1. The number of hydrogen-bond donors (Lipinski definition) is 0. The maximum atomic E-state index is 13.6. The Kier molecular flexibility index (Phi) is 7.47. The molecule has 2 aliphatic rings. The highest BCUT2D eigenvalue weighted by Crippen LogP contribution is 2.41. The van der Waals surface area contributed by atoms with Gasteiger partial charge < -0.3 is 9.80 Å². The second-order valence-electron chi connectivity index (χ2n) is 9.10. The monoisotopic (exact) mass is 498 g/mol. The van der Waals surface area contributed by atoms with Gasteiger partial charge in [0, 0.05) is 33.2 Å². The van der Waals surface area contributed by atoms with E-state index in [1.807, 2.05) is 30.3 Å². The van der Waals surface area contributed by atoms with Crippen molar-refractivity contribution in [3.05, 3.63) is 54.1 Å². The van der Waals surface area contributed by atoms with Crippen LogP contribution in [-0.4, -0.2) is 68.7 Å². The number of piperidine rings is 1. The molecule has 35 heavy (non-hydrogen) atoms. The normalized spacial score (nSPS) is 17.8. The third-order valence-corrected chi connectivity index (χ3v) is 8.97. The van der Waals surface area contributed by atoms with Crippen LogP contribution >= 0.6 is 0 Å². The molecule has 2 amide bonds. The molecule has 188 valence electrons. The summed E-state index contributed by atoms with van der Waals surface area (Å²) in [6.45, 7) is 5.35. The molecule has 2 aromatic carbocycles. The van der Waals surface area contributed by atoms with Crippen LogP contribution < -0.4 is 9.80 Å². The van der Waals surface area contributed by atoms with E-state index in [4.69, 9.17) is 0 Å². The predicted octanol–water partition coefficient (Wildman–Crippen LogP) is 3.08. The first-order chi connectivity index (χ1) is 16.8. The van der Waals surface area contributed by atoms with Crippen LogP contribution in [0.1, 0.15) is 38.7 Å². The van der Waals surface area contributed by atoms with Gasteiger partial charge in [-0.3, -0.25) is 14.5 Å². The third kappa shape index (κ3) is 4.92. The second-order valence-corrected chi connectivity index (χ2v) is 11.0. The molecule has 2 aromatic rings. The number of nitrogens with zero attached hydrogens (tertiary/aromatic N) is 4. The summed E-state index contributed by atoms with van der Waals surface area (Å²) in [5.41, 5.74) is 2.30. The number of carbonyl (C=O) groups is 2. The highest BCUT2D eigenvalue weighted by atomic mass is 32.2. The fraction of sp³-hybridized carbons (Fsp3) is 0.462. The molecule has 9 heteroatoms. The fourth-order valence-corrected chi connectivity index (χ4v) is 6.45. The summed E-state index contributed by atoms with van der Waals surface area (Å²) in [5, 5.41) is 0. The number of carbonyl (C=O) groups excluding carboxylic acids is 2. The van der Waals surface area contributed by atoms with Gasteiger partial charge in [-0.05, 0) is 43.0 Å². The summed E-state index contributed by atoms with van der Waals surface area (Å²) in [6.07, 6.45) is 2.65. The summed E-state index contributed by atoms with van der Waals surface area (Å²) < 4.78 is 27.8. The Labute approximate surface area is 208 Å². The highest BCUT2D eigenvalue weighted by molar-refractivity contribution is 7.89. The molecular formula is C26H34N4O4S. The maximum Gasteiger partial charge on any atom is 0.250 e. The number of benzene rings is 2. The van der Waals surface area contributed by atoms with Crippen molar-refractivity contribution in [3.8, 4) is 0 Å². The molecule has 1 saturated heterocycles. The van der Waals surface area contributed by atoms with Gasteiger partial charge in [0.25, 0.3) is 0 Å². The van der Waals surface area contributed by atoms with Gasteiger partial charge in [0.05, 0.1) is 16.3 Å². The molecule has 1 atom stereocenters. The summed E-state index contributed by atoms with van der Waals surface area (Å²) >= 11 is 0. The van der Waals surface area contributed by atoms with E-state index in [0.717, 1.165) is 37.1 Å². The van der Waals surface area contributed by atoms with E-state index >= 15 is 0 Å². The van der Waals surface area contributed by atoms with Gasteiger partial charge in [0.1, 0.15) is 12.6 Å². The molecule has 4 rings (SSSR count). The molecule has 0 saturated carbocycles. The van der Waals surface area contributed by atoms with Crippen molar-refractivity contribution < 1.29 is 18.0 Å². The minimum Gasteiger partial charge on any atom is -0.358 e. The molecular weight excluding hydrogens is 464 g/mol. The maximum absolute atomic E-state index is 13.6. The zero-order valence-electron chi connectivity index (χ0n) is 20.7. The van der Waals surface area contributed by atoms with Crippen LogP contribution in [-0.2, 0) is 26.2 Å². The molecule has 0 bridgehead atoms. The fourth-order valence-electron chi connectivity index (χ4n) is 4.98. The number of sulfonamides is 1. The Bertz CT molecular complexity index is 1180. The van der Waals surface area contributed by atoms with E-state index in [-0.39, 0.29) is 29.3 Å². The summed E-state index contributed by atoms with van der Waals surface area (Å²) in [7, 11) is -1.99. The molecule has 0 aliphatic carbocycles. The van der Waals surface area contributed by atoms with Crippen LogP contribution in [0.15, 0.2) is 53.4 Å². The van der Waals surface area contributed by atoms with Crippen LogP contribution in [0.3, 0.4) is 0 Å². The van der Waals surface area contributed by atoms with Gasteiger partial charge in [-0.15, -0.1) is 0 Å². The molecule has 0 aromatic heterocycles. The predicted molar refractivity (Wildman–Crippen MR) is 137 cm³/mol. The van der Waals surface area contributed by atoms with E-state index in [1.165, 1.54) is 9.21 Å². The van der Waals surface area contributed by atoms with E-state index in [1.54, 1.807) is 44.0 Å². The Balaban J connectivity index is 1.69. The van der Waals surface area contributed by atoms with Crippen molar-refractivity contribution in [2.24, 2.45) is 0 Å². The van der Waals surface area contributed by atoms with Crippen LogP contribution in [0.5, 0.6) is 0 Å². The van der Waals surface area contributed by atoms with E-state index in [2.05, 4.69) is 4.90 Å². The Hall–Kier alpha value is -2.91. The van der Waals surface area contributed by atoms with Crippen LogP contribution in [0.4, 0.5) is 11.4 Å². The lowest BCUT2D eigenvalue weighted by molar-refractivity contribution is -0.131. The molecule has 0 unspecified atom stereocenters. The van der Waals surface area contributed by atoms with Crippen molar-refractivity contribution >= 4 is 33.2 Å². The SMILES string of the molecule is CCN(CC)S(=O)(=O)c1ccc2c(c1)N(CC(=O)N(C)Cc1ccccc1)C(=O)[C@@H]1CCCCN21. The van der Waals surface area contributed by atoms with Gasteiger partial charge in [0.2, 0.25) is 21.8 Å². The van der Waals surface area contributed by atoms with Gasteiger partial charge in [-0.25, -0.2) is 8.42 Å². The number of likely N-dealkylation sites (N-methyl/N-ethyl adjacent to an activating group) is 1. The Morgan fingerprint density at radius 1 is 1.03 bits per heavy atom. The zero-order chi connectivity index (χ0) is 25.2. The minimum atomic E-state index is -3.71. The molecule has 8 nitrogen and oxygen atoms in total. The zero-order valence-corrected chi connectivity index (χ0v) is 21.5. The van der Waals surface area contributed by atoms with Crippen molar-refractivity contribution in [1.82, 2.24) is 9.21 Å². The van der Waals surface area contributed by atoms with Crippen molar-refractivity contribution in [2.45, 2.75) is 50.6 Å². The quantitative estimate of drug-likeness (QED) is 0.559. The largest absolute Gasteiger partial charge is 0.358 e. The van der Waals surface area contributed by atoms with Gasteiger partial charge in [0.15, 0.2) is 0 Å². The Morgan fingerprint density at radius 3 is 2.43 bits per heavy atom.